The third-order valence-corrected chi connectivity index (χ3v) is 5.65. The van der Waals surface area contributed by atoms with E-state index in [0.29, 0.717) is 29.7 Å². The summed E-state index contributed by atoms with van der Waals surface area (Å²) in [5.74, 6) is 0.695. The molecule has 3 rings (SSSR count). The number of rotatable bonds is 7. The fourth-order valence-corrected chi connectivity index (χ4v) is 3.90. The Balaban J connectivity index is 2.26. The number of amides is 1. The third kappa shape index (κ3) is 4.16. The van der Waals surface area contributed by atoms with Gasteiger partial charge in [-0.3, -0.25) is 14.2 Å². The Morgan fingerprint density at radius 1 is 1.13 bits per heavy atom. The largest absolute Gasteiger partial charge is 0.333 e. The van der Waals surface area contributed by atoms with Gasteiger partial charge in [-0.1, -0.05) is 37.6 Å². The first-order chi connectivity index (χ1) is 14.4. The lowest BCUT2D eigenvalue weighted by Crippen LogP contribution is -2.37. The van der Waals surface area contributed by atoms with E-state index in [2.05, 4.69) is 6.92 Å². The van der Waals surface area contributed by atoms with E-state index in [1.165, 1.54) is 0 Å². The van der Waals surface area contributed by atoms with E-state index in [1.807, 2.05) is 75.1 Å². The highest BCUT2D eigenvalue weighted by molar-refractivity contribution is 5.79. The van der Waals surface area contributed by atoms with Crippen molar-refractivity contribution >= 4 is 16.8 Å². The normalized spacial score (nSPS) is 12.2. The SMILES string of the molecule is CCCCC(=O)N(CC)C(C)c1nc2ccccc2c(=O)n1-c1cc(C)ccc1C. The van der Waals surface area contributed by atoms with Crippen LogP contribution in [0.1, 0.15) is 63.0 Å². The number of hydrogen-bond donors (Lipinski definition) is 0. The summed E-state index contributed by atoms with van der Waals surface area (Å²) in [4.78, 5) is 33.2. The summed E-state index contributed by atoms with van der Waals surface area (Å²) in [6.45, 7) is 10.6. The molecule has 0 saturated carbocycles. The monoisotopic (exact) mass is 405 g/mol. The van der Waals surface area contributed by atoms with E-state index in [4.69, 9.17) is 4.98 Å². The zero-order valence-electron chi connectivity index (χ0n) is 18.6. The van der Waals surface area contributed by atoms with Gasteiger partial charge in [-0.15, -0.1) is 0 Å². The van der Waals surface area contributed by atoms with Gasteiger partial charge in [0.2, 0.25) is 5.91 Å². The predicted molar refractivity (Wildman–Crippen MR) is 122 cm³/mol. The van der Waals surface area contributed by atoms with Crippen molar-refractivity contribution in [3.05, 3.63) is 69.8 Å². The zero-order valence-corrected chi connectivity index (χ0v) is 18.6. The van der Waals surface area contributed by atoms with Crippen LogP contribution in [-0.2, 0) is 4.79 Å². The van der Waals surface area contributed by atoms with Gasteiger partial charge < -0.3 is 4.90 Å². The lowest BCUT2D eigenvalue weighted by Gasteiger charge is -2.30. The summed E-state index contributed by atoms with van der Waals surface area (Å²) in [5, 5.41) is 0.578. The summed E-state index contributed by atoms with van der Waals surface area (Å²) < 4.78 is 1.70. The molecule has 1 amide bonds. The molecule has 0 spiro atoms. The molecular formula is C25H31N3O2. The first-order valence-electron chi connectivity index (χ1n) is 10.8. The Labute approximate surface area is 178 Å². The number of benzene rings is 2. The smallest absolute Gasteiger partial charge is 0.266 e. The van der Waals surface area contributed by atoms with Gasteiger partial charge in [0.05, 0.1) is 22.6 Å². The van der Waals surface area contributed by atoms with E-state index in [0.717, 1.165) is 29.7 Å². The standard InChI is InChI=1S/C25H31N3O2/c1-6-8-13-23(29)27(7-2)19(5)24-26-21-12-10-9-11-20(21)25(30)28(24)22-16-17(3)14-15-18(22)4/h9-12,14-16,19H,6-8,13H2,1-5H3. The number of carbonyl (C=O) groups is 1. The Bertz CT molecular complexity index is 1120. The molecule has 0 saturated heterocycles. The van der Waals surface area contributed by atoms with Crippen molar-refractivity contribution in [1.82, 2.24) is 14.5 Å². The van der Waals surface area contributed by atoms with Gasteiger partial charge >= 0.3 is 0 Å². The van der Waals surface area contributed by atoms with Gasteiger partial charge in [-0.2, -0.15) is 0 Å². The first-order valence-corrected chi connectivity index (χ1v) is 10.8. The number of nitrogens with zero attached hydrogens (tertiary/aromatic N) is 3. The Morgan fingerprint density at radius 2 is 1.87 bits per heavy atom. The van der Waals surface area contributed by atoms with Crippen LogP contribution in [0.3, 0.4) is 0 Å². The van der Waals surface area contributed by atoms with Crippen molar-refractivity contribution in [1.29, 1.82) is 0 Å². The molecule has 0 aliphatic rings. The average molecular weight is 406 g/mol. The maximum atomic E-state index is 13.6. The van der Waals surface area contributed by atoms with Crippen LogP contribution >= 0.6 is 0 Å². The van der Waals surface area contributed by atoms with Crippen molar-refractivity contribution in [2.24, 2.45) is 0 Å². The van der Waals surface area contributed by atoms with Crippen molar-refractivity contribution in [2.75, 3.05) is 6.54 Å². The summed E-state index contributed by atoms with van der Waals surface area (Å²) >= 11 is 0. The number of carbonyl (C=O) groups excluding carboxylic acids is 1. The van der Waals surface area contributed by atoms with Crippen molar-refractivity contribution in [3.8, 4) is 5.69 Å². The molecule has 0 radical (unpaired) electrons. The Kier molecular flexibility index (Phi) is 6.70. The summed E-state index contributed by atoms with van der Waals surface area (Å²) in [6.07, 6.45) is 2.34. The molecule has 3 aromatic rings. The molecule has 0 fully saturated rings. The lowest BCUT2D eigenvalue weighted by atomic mass is 10.1. The molecular weight excluding hydrogens is 374 g/mol. The minimum absolute atomic E-state index is 0.0989. The van der Waals surface area contributed by atoms with E-state index >= 15 is 0 Å². The van der Waals surface area contributed by atoms with Crippen LogP contribution in [0.25, 0.3) is 16.6 Å². The zero-order chi connectivity index (χ0) is 21.8. The molecule has 1 unspecified atom stereocenters. The van der Waals surface area contributed by atoms with Gasteiger partial charge in [-0.05, 0) is 63.4 Å². The van der Waals surface area contributed by atoms with Crippen LogP contribution in [-0.4, -0.2) is 26.9 Å². The summed E-state index contributed by atoms with van der Waals surface area (Å²) in [7, 11) is 0. The Morgan fingerprint density at radius 3 is 2.57 bits per heavy atom. The Hall–Kier alpha value is -2.95. The second kappa shape index (κ2) is 9.24. The van der Waals surface area contributed by atoms with Crippen molar-refractivity contribution in [3.63, 3.8) is 0 Å². The quantitative estimate of drug-likeness (QED) is 0.549. The maximum absolute atomic E-state index is 13.6. The maximum Gasteiger partial charge on any atom is 0.266 e. The van der Waals surface area contributed by atoms with Gasteiger partial charge in [0.1, 0.15) is 5.82 Å². The first kappa shape index (κ1) is 21.8. The summed E-state index contributed by atoms with van der Waals surface area (Å²) in [6, 6.07) is 13.2. The van der Waals surface area contributed by atoms with Crippen LogP contribution in [0.15, 0.2) is 47.3 Å². The van der Waals surface area contributed by atoms with Crippen LogP contribution < -0.4 is 5.56 Å². The van der Waals surface area contributed by atoms with Gasteiger partial charge in [0.25, 0.3) is 5.56 Å². The van der Waals surface area contributed by atoms with Crippen LogP contribution in [0.4, 0.5) is 0 Å². The molecule has 2 aromatic carbocycles. The molecule has 0 bridgehead atoms. The van der Waals surface area contributed by atoms with E-state index in [1.54, 1.807) is 4.57 Å². The van der Waals surface area contributed by atoms with Gasteiger partial charge in [-0.25, -0.2) is 4.98 Å². The van der Waals surface area contributed by atoms with Crippen LogP contribution in [0.2, 0.25) is 0 Å². The topological polar surface area (TPSA) is 55.2 Å². The van der Waals surface area contributed by atoms with Crippen molar-refractivity contribution in [2.45, 2.75) is 59.9 Å². The fraction of sp³-hybridized carbons (Fsp3) is 0.400. The second-order valence-corrected chi connectivity index (χ2v) is 7.88. The molecule has 1 aromatic heterocycles. The minimum atomic E-state index is -0.323. The average Bonchev–Trinajstić information content (AvgIpc) is 2.74. The number of aromatic nitrogens is 2. The predicted octanol–water partition coefficient (Wildman–Crippen LogP) is 5.10. The minimum Gasteiger partial charge on any atom is -0.333 e. The van der Waals surface area contributed by atoms with Crippen LogP contribution in [0.5, 0.6) is 0 Å². The number of fused-ring (bicyclic) bond motifs is 1. The number of hydrogen-bond acceptors (Lipinski definition) is 3. The molecule has 0 N–H and O–H groups in total. The van der Waals surface area contributed by atoms with Gasteiger partial charge in [0.15, 0.2) is 0 Å². The highest BCUT2D eigenvalue weighted by Gasteiger charge is 2.26. The molecule has 5 heteroatoms. The number of unbranched alkanes of at least 4 members (excludes halogenated alkanes) is 1. The number of para-hydroxylation sites is 1. The summed E-state index contributed by atoms with van der Waals surface area (Å²) in [5.41, 5.74) is 3.43. The molecule has 1 heterocycles. The fourth-order valence-electron chi connectivity index (χ4n) is 3.90. The van der Waals surface area contributed by atoms with Crippen molar-refractivity contribution < 1.29 is 4.79 Å². The molecule has 5 nitrogen and oxygen atoms in total. The molecule has 1 atom stereocenters. The van der Waals surface area contributed by atoms with E-state index in [9.17, 15) is 9.59 Å². The second-order valence-electron chi connectivity index (χ2n) is 7.88. The highest BCUT2D eigenvalue weighted by Crippen LogP contribution is 2.25. The van der Waals surface area contributed by atoms with Crippen LogP contribution in [0, 0.1) is 13.8 Å². The molecule has 158 valence electrons. The number of aryl methyl sites for hydroxylation is 2. The molecule has 0 aliphatic heterocycles. The van der Waals surface area contributed by atoms with E-state index < -0.39 is 0 Å². The highest BCUT2D eigenvalue weighted by atomic mass is 16.2. The van der Waals surface area contributed by atoms with E-state index in [-0.39, 0.29) is 17.5 Å². The molecule has 30 heavy (non-hydrogen) atoms. The lowest BCUT2D eigenvalue weighted by molar-refractivity contribution is -0.133. The van der Waals surface area contributed by atoms with Gasteiger partial charge in [0, 0.05) is 13.0 Å². The molecule has 0 aliphatic carbocycles. The third-order valence-electron chi connectivity index (χ3n) is 5.65.